The number of carbonyl (C=O) groups excluding carboxylic acids is 2. The van der Waals surface area contributed by atoms with E-state index in [-0.39, 0.29) is 24.9 Å². The smallest absolute Gasteiger partial charge is 0.295 e. The first-order valence-electron chi connectivity index (χ1n) is 8.35. The molecule has 28 heavy (non-hydrogen) atoms. The third-order valence-corrected chi connectivity index (χ3v) is 4.62. The third kappa shape index (κ3) is 4.23. The predicted molar refractivity (Wildman–Crippen MR) is 100 cm³/mol. The van der Waals surface area contributed by atoms with Crippen LogP contribution >= 0.6 is 11.3 Å². The number of thiazole rings is 1. The number of rotatable bonds is 6. The lowest BCUT2D eigenvalue weighted by Gasteiger charge is -2.05. The zero-order chi connectivity index (χ0) is 19.3. The molecule has 142 valence electrons. The van der Waals surface area contributed by atoms with Crippen LogP contribution in [0, 0.1) is 0 Å². The molecule has 1 aromatic carbocycles. The van der Waals surface area contributed by atoms with Crippen LogP contribution in [0.5, 0.6) is 11.5 Å². The minimum absolute atomic E-state index is 0.0562. The van der Waals surface area contributed by atoms with Gasteiger partial charge in [-0.2, -0.15) is 0 Å². The van der Waals surface area contributed by atoms with Gasteiger partial charge in [0.15, 0.2) is 16.6 Å². The highest BCUT2D eigenvalue weighted by molar-refractivity contribution is 7.14. The predicted octanol–water partition coefficient (Wildman–Crippen LogP) is 1.77. The van der Waals surface area contributed by atoms with Gasteiger partial charge in [0, 0.05) is 24.3 Å². The Morgan fingerprint density at radius 2 is 1.96 bits per heavy atom. The molecule has 0 unspecified atom stereocenters. The summed E-state index contributed by atoms with van der Waals surface area (Å²) in [4.78, 5) is 36.2. The van der Waals surface area contributed by atoms with Gasteiger partial charge in [-0.15, -0.1) is 11.3 Å². The number of amides is 2. The number of nitrogens with one attached hydrogen (secondary N) is 2. The van der Waals surface area contributed by atoms with Crippen LogP contribution in [-0.4, -0.2) is 33.6 Å². The van der Waals surface area contributed by atoms with Gasteiger partial charge in [-0.3, -0.25) is 14.9 Å². The maximum absolute atomic E-state index is 12.2. The number of ether oxygens (including phenoxy) is 2. The number of hydrogen-bond donors (Lipinski definition) is 2. The Bertz CT molecular complexity index is 1010. The monoisotopic (exact) mass is 397 g/mol. The summed E-state index contributed by atoms with van der Waals surface area (Å²) in [6.07, 6.45) is 3.08. The van der Waals surface area contributed by atoms with Gasteiger partial charge < -0.3 is 14.8 Å². The average Bonchev–Trinajstić information content (AvgIpc) is 3.36. The molecule has 0 saturated heterocycles. The zero-order valence-corrected chi connectivity index (χ0v) is 15.4. The molecule has 0 aliphatic carbocycles. The Balaban J connectivity index is 1.28. The average molecular weight is 397 g/mol. The van der Waals surface area contributed by atoms with Gasteiger partial charge >= 0.3 is 0 Å². The highest BCUT2D eigenvalue weighted by Crippen LogP contribution is 2.32. The van der Waals surface area contributed by atoms with Crippen LogP contribution in [0.1, 0.15) is 21.9 Å². The second-order valence-electron chi connectivity index (χ2n) is 5.81. The van der Waals surface area contributed by atoms with Crippen molar-refractivity contribution in [2.45, 2.75) is 13.0 Å². The van der Waals surface area contributed by atoms with Crippen LogP contribution in [0.3, 0.4) is 0 Å². The number of aromatic nitrogens is 3. The quantitative estimate of drug-likeness (QED) is 0.651. The van der Waals surface area contributed by atoms with Crippen molar-refractivity contribution >= 4 is 28.3 Å². The Labute approximate surface area is 163 Å². The molecule has 4 rings (SSSR count). The molecule has 3 aromatic rings. The van der Waals surface area contributed by atoms with E-state index < -0.39 is 5.91 Å². The van der Waals surface area contributed by atoms with E-state index in [2.05, 4.69) is 25.6 Å². The number of benzene rings is 1. The lowest BCUT2D eigenvalue weighted by Crippen LogP contribution is -2.24. The molecule has 0 radical (unpaired) electrons. The second kappa shape index (κ2) is 8.01. The molecule has 1 aliphatic heterocycles. The van der Waals surface area contributed by atoms with E-state index in [1.807, 2.05) is 18.2 Å². The molecule has 9 nitrogen and oxygen atoms in total. The van der Waals surface area contributed by atoms with Gasteiger partial charge in [0.05, 0.1) is 12.1 Å². The fraction of sp³-hybridized carbons (Fsp3) is 0.167. The van der Waals surface area contributed by atoms with Crippen molar-refractivity contribution in [2.24, 2.45) is 0 Å². The van der Waals surface area contributed by atoms with Crippen LogP contribution in [0.2, 0.25) is 0 Å². The Kier molecular flexibility index (Phi) is 5.11. The highest BCUT2D eigenvalue weighted by atomic mass is 32.1. The number of hydrogen-bond acceptors (Lipinski definition) is 8. The third-order valence-electron chi connectivity index (χ3n) is 3.81. The summed E-state index contributed by atoms with van der Waals surface area (Å²) in [7, 11) is 0. The van der Waals surface area contributed by atoms with E-state index in [0.717, 1.165) is 5.56 Å². The van der Waals surface area contributed by atoms with Crippen LogP contribution < -0.4 is 20.1 Å². The van der Waals surface area contributed by atoms with E-state index in [1.165, 1.54) is 23.7 Å². The number of carbonyl (C=O) groups is 2. The molecule has 2 aromatic heterocycles. The van der Waals surface area contributed by atoms with Crippen molar-refractivity contribution < 1.29 is 19.1 Å². The first-order chi connectivity index (χ1) is 13.7. The summed E-state index contributed by atoms with van der Waals surface area (Å²) < 4.78 is 10.6. The molecule has 3 heterocycles. The standard InChI is InChI=1S/C18H15N5O4S/c24-15(21-8-11-2-3-13-14(6-11)27-10-26-13)7-12-9-28-18(22-12)23-17(25)16-19-4-1-5-20-16/h1-6,9H,7-8,10H2,(H,21,24)(H,22,23,25). The summed E-state index contributed by atoms with van der Waals surface area (Å²) >= 11 is 1.23. The normalized spacial score (nSPS) is 11.9. The fourth-order valence-corrected chi connectivity index (χ4v) is 3.20. The SMILES string of the molecule is O=C(Cc1csc(NC(=O)c2ncccn2)n1)NCc1ccc2c(c1)OCO2. The van der Waals surface area contributed by atoms with Crippen LogP contribution in [0.15, 0.2) is 42.0 Å². The molecular weight excluding hydrogens is 382 g/mol. The first-order valence-corrected chi connectivity index (χ1v) is 9.23. The van der Waals surface area contributed by atoms with E-state index in [1.54, 1.807) is 11.4 Å². The first kappa shape index (κ1) is 17.9. The van der Waals surface area contributed by atoms with E-state index in [9.17, 15) is 9.59 Å². The van der Waals surface area contributed by atoms with Crippen molar-refractivity contribution in [1.29, 1.82) is 0 Å². The van der Waals surface area contributed by atoms with Crippen LogP contribution in [0.25, 0.3) is 0 Å². The van der Waals surface area contributed by atoms with Gasteiger partial charge in [0.2, 0.25) is 18.5 Å². The van der Waals surface area contributed by atoms with E-state index in [0.29, 0.717) is 28.9 Å². The van der Waals surface area contributed by atoms with Gasteiger partial charge in [-0.1, -0.05) is 6.07 Å². The summed E-state index contributed by atoms with van der Waals surface area (Å²) in [5.74, 6) is 0.809. The highest BCUT2D eigenvalue weighted by Gasteiger charge is 2.15. The Morgan fingerprint density at radius 1 is 1.14 bits per heavy atom. The fourth-order valence-electron chi connectivity index (χ4n) is 2.49. The molecule has 0 fully saturated rings. The maximum atomic E-state index is 12.2. The van der Waals surface area contributed by atoms with Crippen molar-refractivity contribution in [2.75, 3.05) is 12.1 Å². The van der Waals surface area contributed by atoms with Crippen LogP contribution in [-0.2, 0) is 17.8 Å². The Hall–Kier alpha value is -3.53. The van der Waals surface area contributed by atoms with Gasteiger partial charge in [0.1, 0.15) is 0 Å². The molecule has 0 atom stereocenters. The minimum Gasteiger partial charge on any atom is -0.454 e. The number of nitrogens with zero attached hydrogens (tertiary/aromatic N) is 3. The largest absolute Gasteiger partial charge is 0.454 e. The Morgan fingerprint density at radius 3 is 2.82 bits per heavy atom. The number of fused-ring (bicyclic) bond motifs is 1. The maximum Gasteiger partial charge on any atom is 0.295 e. The number of anilines is 1. The molecule has 2 amide bonds. The molecule has 0 spiro atoms. The summed E-state index contributed by atoms with van der Waals surface area (Å²) in [6.45, 7) is 0.582. The van der Waals surface area contributed by atoms with E-state index in [4.69, 9.17) is 9.47 Å². The summed E-state index contributed by atoms with van der Waals surface area (Å²) in [5.41, 5.74) is 1.48. The molecule has 0 bridgehead atoms. The van der Waals surface area contributed by atoms with Crippen molar-refractivity contribution in [3.05, 3.63) is 59.1 Å². The molecule has 0 saturated carbocycles. The molecular formula is C18H15N5O4S. The zero-order valence-electron chi connectivity index (χ0n) is 14.5. The van der Waals surface area contributed by atoms with Crippen molar-refractivity contribution in [1.82, 2.24) is 20.3 Å². The van der Waals surface area contributed by atoms with E-state index >= 15 is 0 Å². The van der Waals surface area contributed by atoms with Crippen molar-refractivity contribution in [3.8, 4) is 11.5 Å². The second-order valence-corrected chi connectivity index (χ2v) is 6.67. The lowest BCUT2D eigenvalue weighted by atomic mass is 10.2. The lowest BCUT2D eigenvalue weighted by molar-refractivity contribution is -0.120. The summed E-state index contributed by atoms with van der Waals surface area (Å²) in [6, 6.07) is 7.15. The van der Waals surface area contributed by atoms with Gasteiger partial charge in [-0.05, 0) is 23.8 Å². The van der Waals surface area contributed by atoms with Crippen LogP contribution in [0.4, 0.5) is 5.13 Å². The van der Waals surface area contributed by atoms with Gasteiger partial charge in [-0.25, -0.2) is 15.0 Å². The molecule has 2 N–H and O–H groups in total. The minimum atomic E-state index is -0.450. The van der Waals surface area contributed by atoms with Gasteiger partial charge in [0.25, 0.3) is 5.91 Å². The summed E-state index contributed by atoms with van der Waals surface area (Å²) in [5, 5.41) is 7.57. The van der Waals surface area contributed by atoms with Crippen molar-refractivity contribution in [3.63, 3.8) is 0 Å². The molecule has 10 heteroatoms. The molecule has 1 aliphatic rings. The topological polar surface area (TPSA) is 115 Å².